The SMILES string of the molecule is CC1Cc2ccccc2N1Cc1occc1C(=O)N1CCC(C(=O)Nc2ccccc2)CC1. The van der Waals surface area contributed by atoms with Gasteiger partial charge >= 0.3 is 0 Å². The summed E-state index contributed by atoms with van der Waals surface area (Å²) in [6.07, 6.45) is 3.93. The van der Waals surface area contributed by atoms with Crippen molar-refractivity contribution in [3.8, 4) is 0 Å². The predicted molar refractivity (Wildman–Crippen MR) is 128 cm³/mol. The maximum absolute atomic E-state index is 13.3. The number of hydrogen-bond acceptors (Lipinski definition) is 4. The van der Waals surface area contributed by atoms with Gasteiger partial charge in [-0.1, -0.05) is 36.4 Å². The molecule has 0 bridgehead atoms. The molecule has 6 heteroatoms. The van der Waals surface area contributed by atoms with Crippen LogP contribution < -0.4 is 10.2 Å². The second-order valence-corrected chi connectivity index (χ2v) is 8.99. The van der Waals surface area contributed by atoms with Crippen molar-refractivity contribution >= 4 is 23.2 Å². The molecule has 1 atom stereocenters. The van der Waals surface area contributed by atoms with E-state index in [0.29, 0.717) is 49.8 Å². The highest BCUT2D eigenvalue weighted by Crippen LogP contribution is 2.34. The first-order valence-corrected chi connectivity index (χ1v) is 11.7. The van der Waals surface area contributed by atoms with Gasteiger partial charge in [-0.15, -0.1) is 0 Å². The lowest BCUT2D eigenvalue weighted by Crippen LogP contribution is -2.41. The van der Waals surface area contributed by atoms with Gasteiger partial charge in [0.15, 0.2) is 0 Å². The number of carbonyl (C=O) groups excluding carboxylic acids is 2. The summed E-state index contributed by atoms with van der Waals surface area (Å²) in [4.78, 5) is 30.1. The highest BCUT2D eigenvalue weighted by atomic mass is 16.3. The van der Waals surface area contributed by atoms with E-state index in [-0.39, 0.29) is 17.7 Å². The zero-order valence-corrected chi connectivity index (χ0v) is 18.9. The second-order valence-electron chi connectivity index (χ2n) is 8.99. The molecular weight excluding hydrogens is 414 g/mol. The summed E-state index contributed by atoms with van der Waals surface area (Å²) >= 11 is 0. The number of rotatable bonds is 5. The molecule has 0 spiro atoms. The van der Waals surface area contributed by atoms with E-state index in [2.05, 4.69) is 41.4 Å². The summed E-state index contributed by atoms with van der Waals surface area (Å²) < 4.78 is 5.77. The molecule has 3 heterocycles. The van der Waals surface area contributed by atoms with E-state index in [1.165, 1.54) is 11.3 Å². The van der Waals surface area contributed by atoms with Gasteiger partial charge in [0.2, 0.25) is 5.91 Å². The highest BCUT2D eigenvalue weighted by Gasteiger charge is 2.31. The Hall–Kier alpha value is -3.54. The molecular formula is C27H29N3O3. The van der Waals surface area contributed by atoms with Crippen LogP contribution in [0, 0.1) is 5.92 Å². The summed E-state index contributed by atoms with van der Waals surface area (Å²) in [6.45, 7) is 3.91. The minimum absolute atomic E-state index is 0.0131. The standard InChI is InChI=1S/C27H29N3O3/c1-19-17-21-7-5-6-10-24(21)30(19)18-25-23(13-16-33-25)27(32)29-14-11-20(12-15-29)26(31)28-22-8-3-2-4-9-22/h2-10,13,16,19-20H,11-12,14-15,17-18H2,1H3,(H,28,31). The molecule has 3 aromatic rings. The Balaban J connectivity index is 1.21. The van der Waals surface area contributed by atoms with Crippen LogP contribution >= 0.6 is 0 Å². The fourth-order valence-electron chi connectivity index (χ4n) is 4.96. The number of nitrogens with zero attached hydrogens (tertiary/aromatic N) is 2. The number of likely N-dealkylation sites (tertiary alicyclic amines) is 1. The molecule has 1 aromatic heterocycles. The summed E-state index contributed by atoms with van der Waals surface area (Å²) in [7, 11) is 0. The van der Waals surface area contributed by atoms with Crippen LogP contribution in [0.1, 0.15) is 41.4 Å². The lowest BCUT2D eigenvalue weighted by Gasteiger charge is -2.31. The third-order valence-corrected chi connectivity index (χ3v) is 6.83. The van der Waals surface area contributed by atoms with Crippen LogP contribution in [0.3, 0.4) is 0 Å². The van der Waals surface area contributed by atoms with Crippen molar-refractivity contribution in [3.05, 3.63) is 83.8 Å². The topological polar surface area (TPSA) is 65.8 Å². The molecule has 2 aromatic carbocycles. The molecule has 0 aliphatic carbocycles. The smallest absolute Gasteiger partial charge is 0.257 e. The van der Waals surface area contributed by atoms with Crippen molar-refractivity contribution in [1.29, 1.82) is 0 Å². The summed E-state index contributed by atoms with van der Waals surface area (Å²) in [5.41, 5.74) is 3.98. The molecule has 1 fully saturated rings. The van der Waals surface area contributed by atoms with Gasteiger partial charge < -0.3 is 19.5 Å². The van der Waals surface area contributed by atoms with E-state index in [0.717, 1.165) is 12.1 Å². The highest BCUT2D eigenvalue weighted by molar-refractivity contribution is 5.96. The number of piperidine rings is 1. The fraction of sp³-hybridized carbons (Fsp3) is 0.333. The van der Waals surface area contributed by atoms with Crippen LogP contribution in [-0.4, -0.2) is 35.8 Å². The van der Waals surface area contributed by atoms with Gasteiger partial charge in [-0.05, 0) is 56.0 Å². The monoisotopic (exact) mass is 443 g/mol. The predicted octanol–water partition coefficient (Wildman–Crippen LogP) is 4.72. The van der Waals surface area contributed by atoms with Gasteiger partial charge in [-0.3, -0.25) is 9.59 Å². The quantitative estimate of drug-likeness (QED) is 0.620. The largest absolute Gasteiger partial charge is 0.467 e. The Morgan fingerprint density at radius 2 is 1.73 bits per heavy atom. The van der Waals surface area contributed by atoms with Crippen molar-refractivity contribution in [3.63, 3.8) is 0 Å². The number of fused-ring (bicyclic) bond motifs is 1. The molecule has 2 amide bonds. The normalized spacial score (nSPS) is 18.3. The Kier molecular flexibility index (Phi) is 5.90. The first-order valence-electron chi connectivity index (χ1n) is 11.7. The minimum Gasteiger partial charge on any atom is -0.467 e. The Morgan fingerprint density at radius 1 is 1.00 bits per heavy atom. The van der Waals surface area contributed by atoms with Crippen molar-refractivity contribution in [2.75, 3.05) is 23.3 Å². The molecule has 170 valence electrons. The zero-order valence-electron chi connectivity index (χ0n) is 18.9. The number of nitrogens with one attached hydrogen (secondary N) is 1. The maximum Gasteiger partial charge on any atom is 0.257 e. The number of para-hydroxylation sites is 2. The van der Waals surface area contributed by atoms with Crippen LogP contribution in [-0.2, 0) is 17.8 Å². The van der Waals surface area contributed by atoms with Crippen molar-refractivity contribution in [1.82, 2.24) is 4.90 Å². The average molecular weight is 444 g/mol. The molecule has 2 aliphatic heterocycles. The van der Waals surface area contributed by atoms with Gasteiger partial charge in [0.05, 0.1) is 18.4 Å². The van der Waals surface area contributed by atoms with Crippen LogP contribution in [0.4, 0.5) is 11.4 Å². The number of hydrogen-bond donors (Lipinski definition) is 1. The number of anilines is 2. The first kappa shape index (κ1) is 21.3. The first-order chi connectivity index (χ1) is 16.1. The van der Waals surface area contributed by atoms with Gasteiger partial charge in [-0.2, -0.15) is 0 Å². The summed E-state index contributed by atoms with van der Waals surface area (Å²) in [5.74, 6) is 0.632. The van der Waals surface area contributed by atoms with Crippen molar-refractivity contribution in [2.24, 2.45) is 5.92 Å². The van der Waals surface area contributed by atoms with Crippen molar-refractivity contribution in [2.45, 2.75) is 38.8 Å². The van der Waals surface area contributed by atoms with Crippen molar-refractivity contribution < 1.29 is 14.0 Å². The van der Waals surface area contributed by atoms with Gasteiger partial charge in [0.1, 0.15) is 5.76 Å². The molecule has 1 saturated heterocycles. The van der Waals surface area contributed by atoms with Crippen LogP contribution in [0.2, 0.25) is 0 Å². The molecule has 5 rings (SSSR count). The Bertz CT molecular complexity index is 1130. The molecule has 1 N–H and O–H groups in total. The van der Waals surface area contributed by atoms with Gasteiger partial charge in [0.25, 0.3) is 5.91 Å². The number of furan rings is 1. The van der Waals surface area contributed by atoms with Crippen LogP contribution in [0.25, 0.3) is 0 Å². The summed E-state index contributed by atoms with van der Waals surface area (Å²) in [5, 5.41) is 2.98. The van der Waals surface area contributed by atoms with Crippen LogP contribution in [0.15, 0.2) is 71.3 Å². The molecule has 2 aliphatic rings. The molecule has 33 heavy (non-hydrogen) atoms. The summed E-state index contributed by atoms with van der Waals surface area (Å²) in [6, 6.07) is 20.1. The van der Waals surface area contributed by atoms with E-state index in [1.807, 2.05) is 35.2 Å². The van der Waals surface area contributed by atoms with E-state index in [1.54, 1.807) is 12.3 Å². The lowest BCUT2D eigenvalue weighted by atomic mass is 9.95. The number of amides is 2. The fourth-order valence-corrected chi connectivity index (χ4v) is 4.96. The van der Waals surface area contributed by atoms with Gasteiger partial charge in [-0.25, -0.2) is 0 Å². The maximum atomic E-state index is 13.3. The number of carbonyl (C=O) groups is 2. The Morgan fingerprint density at radius 3 is 2.52 bits per heavy atom. The molecule has 1 unspecified atom stereocenters. The van der Waals surface area contributed by atoms with E-state index in [9.17, 15) is 9.59 Å². The van der Waals surface area contributed by atoms with Gasteiger partial charge in [0, 0.05) is 36.4 Å². The third kappa shape index (κ3) is 4.38. The second kappa shape index (κ2) is 9.14. The number of benzene rings is 2. The molecule has 0 saturated carbocycles. The van der Waals surface area contributed by atoms with E-state index >= 15 is 0 Å². The Labute approximate surface area is 194 Å². The average Bonchev–Trinajstić information content (AvgIpc) is 3.44. The lowest BCUT2D eigenvalue weighted by molar-refractivity contribution is -0.121. The molecule has 6 nitrogen and oxygen atoms in total. The zero-order chi connectivity index (χ0) is 22.8. The minimum atomic E-state index is -0.0833. The van der Waals surface area contributed by atoms with E-state index < -0.39 is 0 Å². The van der Waals surface area contributed by atoms with E-state index in [4.69, 9.17) is 4.42 Å². The molecule has 0 radical (unpaired) electrons. The van der Waals surface area contributed by atoms with Crippen LogP contribution in [0.5, 0.6) is 0 Å². The third-order valence-electron chi connectivity index (χ3n) is 6.83.